The van der Waals surface area contributed by atoms with Gasteiger partial charge in [-0.05, 0) is 6.92 Å². The highest BCUT2D eigenvalue weighted by atomic mass is 16.4. The van der Waals surface area contributed by atoms with Crippen LogP contribution in [0.25, 0.3) is 0 Å². The monoisotopic (exact) mass is 246 g/mol. The first-order valence-electron chi connectivity index (χ1n) is 4.57. The van der Waals surface area contributed by atoms with Gasteiger partial charge in [-0.15, -0.1) is 0 Å². The Labute approximate surface area is 94.5 Å². The molecule has 1 fully saturated rings. The molecule has 1 aliphatic carbocycles. The summed E-state index contributed by atoms with van der Waals surface area (Å²) in [5.41, 5.74) is -2.11. The molecule has 2 unspecified atom stereocenters. The zero-order chi connectivity index (χ0) is 13.5. The fraction of sp³-hybridized carbons (Fsp3) is 0.556. The van der Waals surface area contributed by atoms with Gasteiger partial charge in [0.1, 0.15) is 0 Å². The molecule has 0 aromatic carbocycles. The number of rotatable bonds is 4. The Balaban J connectivity index is 3.28. The number of aliphatic carboxylic acids is 4. The van der Waals surface area contributed by atoms with E-state index < -0.39 is 47.0 Å². The van der Waals surface area contributed by atoms with Gasteiger partial charge in [0.15, 0.2) is 0 Å². The smallest absolute Gasteiger partial charge is 0.311 e. The van der Waals surface area contributed by atoms with Crippen LogP contribution in [0.3, 0.4) is 0 Å². The van der Waals surface area contributed by atoms with Crippen molar-refractivity contribution < 1.29 is 39.6 Å². The molecule has 0 heterocycles. The Kier molecular flexibility index (Phi) is 2.83. The van der Waals surface area contributed by atoms with Crippen LogP contribution in [0.15, 0.2) is 0 Å². The Morgan fingerprint density at radius 3 is 1.35 bits per heavy atom. The topological polar surface area (TPSA) is 149 Å². The van der Waals surface area contributed by atoms with Crippen LogP contribution in [-0.4, -0.2) is 44.3 Å². The molecular formula is C9H10O8. The molecular weight excluding hydrogens is 236 g/mol. The summed E-state index contributed by atoms with van der Waals surface area (Å²) in [5, 5.41) is 35.3. The van der Waals surface area contributed by atoms with Gasteiger partial charge < -0.3 is 20.4 Å². The molecule has 0 saturated heterocycles. The van der Waals surface area contributed by atoms with Crippen molar-refractivity contribution in [1.82, 2.24) is 0 Å². The van der Waals surface area contributed by atoms with Crippen molar-refractivity contribution in [3.63, 3.8) is 0 Å². The number of carboxylic acid groups (broad SMARTS) is 4. The van der Waals surface area contributed by atoms with Crippen LogP contribution in [0.2, 0.25) is 0 Å². The standard InChI is InChI=1S/C9H10O8/c1-9(8(16)17)3(6(12)13)2(5(10)11)4(9)7(14)15/h2-4H,1H3,(H,10,11)(H,12,13)(H,14,15)(H,16,17). The van der Waals surface area contributed by atoms with Gasteiger partial charge in [0.2, 0.25) is 0 Å². The van der Waals surface area contributed by atoms with Gasteiger partial charge in [0.05, 0.1) is 23.2 Å². The van der Waals surface area contributed by atoms with Crippen molar-refractivity contribution in [1.29, 1.82) is 0 Å². The first kappa shape index (κ1) is 12.9. The Hall–Kier alpha value is -2.12. The van der Waals surface area contributed by atoms with Crippen molar-refractivity contribution in [2.24, 2.45) is 23.2 Å². The molecule has 0 radical (unpaired) electrons. The number of carboxylic acids is 4. The highest BCUT2D eigenvalue weighted by Gasteiger charge is 2.72. The molecule has 8 nitrogen and oxygen atoms in total. The summed E-state index contributed by atoms with van der Waals surface area (Å²) < 4.78 is 0. The number of hydrogen-bond acceptors (Lipinski definition) is 4. The van der Waals surface area contributed by atoms with Crippen LogP contribution in [-0.2, 0) is 19.2 Å². The van der Waals surface area contributed by atoms with E-state index in [0.717, 1.165) is 6.92 Å². The SMILES string of the molecule is CC1(C(=O)O)C(C(=O)O)C(C(=O)O)C1C(=O)O. The van der Waals surface area contributed by atoms with Gasteiger partial charge in [0.25, 0.3) is 0 Å². The minimum Gasteiger partial charge on any atom is -0.481 e. The Morgan fingerprint density at radius 1 is 0.824 bits per heavy atom. The van der Waals surface area contributed by atoms with Crippen LogP contribution in [0.5, 0.6) is 0 Å². The second-order valence-corrected chi connectivity index (χ2v) is 4.08. The third-order valence-corrected chi connectivity index (χ3v) is 3.29. The minimum atomic E-state index is -2.11. The molecule has 1 saturated carbocycles. The van der Waals surface area contributed by atoms with Crippen LogP contribution in [0, 0.1) is 23.2 Å². The van der Waals surface area contributed by atoms with E-state index in [0.29, 0.717) is 0 Å². The summed E-state index contributed by atoms with van der Waals surface area (Å²) in [6.45, 7) is 0.937. The summed E-state index contributed by atoms with van der Waals surface area (Å²) >= 11 is 0. The third kappa shape index (κ3) is 1.52. The van der Waals surface area contributed by atoms with Crippen molar-refractivity contribution >= 4 is 23.9 Å². The Morgan fingerprint density at radius 2 is 1.18 bits per heavy atom. The summed E-state index contributed by atoms with van der Waals surface area (Å²) in [6.07, 6.45) is 0. The van der Waals surface area contributed by atoms with Gasteiger partial charge in [0, 0.05) is 0 Å². The highest BCUT2D eigenvalue weighted by molar-refractivity contribution is 5.98. The van der Waals surface area contributed by atoms with Gasteiger partial charge in [-0.25, -0.2) is 0 Å². The van der Waals surface area contributed by atoms with Crippen LogP contribution in [0.4, 0.5) is 0 Å². The van der Waals surface area contributed by atoms with E-state index in [-0.39, 0.29) is 0 Å². The first-order chi connectivity index (χ1) is 7.65. The van der Waals surface area contributed by atoms with E-state index in [2.05, 4.69) is 0 Å². The predicted octanol–water partition coefficient (Wildman–Crippen LogP) is -0.807. The fourth-order valence-electron chi connectivity index (χ4n) is 2.38. The van der Waals surface area contributed by atoms with Crippen molar-refractivity contribution in [3.8, 4) is 0 Å². The maximum atomic E-state index is 11.0. The third-order valence-electron chi connectivity index (χ3n) is 3.29. The lowest BCUT2D eigenvalue weighted by Crippen LogP contribution is -2.66. The zero-order valence-electron chi connectivity index (χ0n) is 8.65. The lowest BCUT2D eigenvalue weighted by atomic mass is 9.47. The van der Waals surface area contributed by atoms with Gasteiger partial charge in [-0.3, -0.25) is 19.2 Å². The van der Waals surface area contributed by atoms with Crippen LogP contribution >= 0.6 is 0 Å². The average molecular weight is 246 g/mol. The van der Waals surface area contributed by atoms with Gasteiger partial charge in [-0.1, -0.05) is 0 Å². The van der Waals surface area contributed by atoms with Crippen molar-refractivity contribution in [2.75, 3.05) is 0 Å². The van der Waals surface area contributed by atoms with E-state index in [1.54, 1.807) is 0 Å². The molecule has 94 valence electrons. The Bertz CT molecular complexity index is 389. The normalized spacial score (nSPS) is 35.7. The van der Waals surface area contributed by atoms with Crippen LogP contribution < -0.4 is 0 Å². The quantitative estimate of drug-likeness (QED) is 0.503. The summed E-state index contributed by atoms with van der Waals surface area (Å²) in [7, 11) is 0. The molecule has 4 N–H and O–H groups in total. The van der Waals surface area contributed by atoms with E-state index in [9.17, 15) is 19.2 Å². The zero-order valence-corrected chi connectivity index (χ0v) is 8.65. The minimum absolute atomic E-state index is 0.937. The average Bonchev–Trinajstić information content (AvgIpc) is 2.10. The molecule has 0 aromatic heterocycles. The fourth-order valence-corrected chi connectivity index (χ4v) is 2.38. The maximum absolute atomic E-state index is 11.0. The van der Waals surface area contributed by atoms with Crippen LogP contribution in [0.1, 0.15) is 6.92 Å². The lowest BCUT2D eigenvalue weighted by Gasteiger charge is -2.50. The molecule has 0 amide bonds. The summed E-state index contributed by atoms with van der Waals surface area (Å²) in [6, 6.07) is 0. The molecule has 1 aliphatic rings. The highest BCUT2D eigenvalue weighted by Crippen LogP contribution is 2.56. The van der Waals surface area contributed by atoms with E-state index in [1.165, 1.54) is 0 Å². The molecule has 0 bridgehead atoms. The van der Waals surface area contributed by atoms with Crippen molar-refractivity contribution in [2.45, 2.75) is 6.92 Å². The lowest BCUT2D eigenvalue weighted by molar-refractivity contribution is -0.209. The molecule has 1 rings (SSSR count). The van der Waals surface area contributed by atoms with Gasteiger partial charge in [-0.2, -0.15) is 0 Å². The number of carbonyl (C=O) groups is 4. The summed E-state index contributed by atoms with van der Waals surface area (Å²) in [5.74, 6) is -11.7. The second kappa shape index (κ2) is 3.72. The molecule has 8 heteroatoms. The van der Waals surface area contributed by atoms with E-state index >= 15 is 0 Å². The van der Waals surface area contributed by atoms with E-state index in [4.69, 9.17) is 20.4 Å². The molecule has 0 aromatic rings. The molecule has 0 aliphatic heterocycles. The largest absolute Gasteiger partial charge is 0.481 e. The first-order valence-corrected chi connectivity index (χ1v) is 4.57. The van der Waals surface area contributed by atoms with Gasteiger partial charge >= 0.3 is 23.9 Å². The molecule has 0 spiro atoms. The maximum Gasteiger partial charge on any atom is 0.311 e. The second-order valence-electron chi connectivity index (χ2n) is 4.08. The molecule has 17 heavy (non-hydrogen) atoms. The summed E-state index contributed by atoms with van der Waals surface area (Å²) in [4.78, 5) is 43.5. The predicted molar refractivity (Wildman–Crippen MR) is 49.1 cm³/mol. The van der Waals surface area contributed by atoms with Crippen molar-refractivity contribution in [3.05, 3.63) is 0 Å². The van der Waals surface area contributed by atoms with E-state index in [1.807, 2.05) is 0 Å². The molecule has 2 atom stereocenters. The number of hydrogen-bond donors (Lipinski definition) is 4.